The van der Waals surface area contributed by atoms with E-state index in [2.05, 4.69) is 16.3 Å². The second-order valence-corrected chi connectivity index (χ2v) is 7.27. The minimum Gasteiger partial charge on any atom is -0.369 e. The number of amides is 2. The number of nitrogens with zero attached hydrogens (tertiary/aromatic N) is 2. The first-order chi connectivity index (χ1) is 10.6. The molecule has 2 aliphatic rings. The van der Waals surface area contributed by atoms with Gasteiger partial charge in [-0.25, -0.2) is 0 Å². The molecule has 2 aliphatic heterocycles. The first-order valence-corrected chi connectivity index (χ1v) is 8.81. The van der Waals surface area contributed by atoms with E-state index < -0.39 is 0 Å². The monoisotopic (exact) mass is 321 g/mol. The van der Waals surface area contributed by atoms with Crippen LogP contribution in [0.5, 0.6) is 0 Å². The maximum atomic E-state index is 12.7. The van der Waals surface area contributed by atoms with Crippen LogP contribution in [0.2, 0.25) is 0 Å². The highest BCUT2D eigenvalue weighted by atomic mass is 32.1. The van der Waals surface area contributed by atoms with E-state index in [9.17, 15) is 9.59 Å². The van der Waals surface area contributed by atoms with Gasteiger partial charge in [0.05, 0.1) is 6.04 Å². The summed E-state index contributed by atoms with van der Waals surface area (Å²) in [6, 6.07) is 2.07. The van der Waals surface area contributed by atoms with E-state index in [0.717, 1.165) is 19.5 Å². The van der Waals surface area contributed by atoms with Gasteiger partial charge in [0.1, 0.15) is 0 Å². The van der Waals surface area contributed by atoms with Crippen LogP contribution in [0.3, 0.4) is 0 Å². The predicted molar refractivity (Wildman–Crippen MR) is 86.4 cm³/mol. The summed E-state index contributed by atoms with van der Waals surface area (Å²) < 4.78 is 0. The topological polar surface area (TPSA) is 66.6 Å². The van der Waals surface area contributed by atoms with Gasteiger partial charge in [0, 0.05) is 37.0 Å². The van der Waals surface area contributed by atoms with E-state index in [-0.39, 0.29) is 23.8 Å². The summed E-state index contributed by atoms with van der Waals surface area (Å²) in [4.78, 5) is 29.5. The summed E-state index contributed by atoms with van der Waals surface area (Å²) in [5, 5.41) is 2.13. The van der Waals surface area contributed by atoms with Crippen LogP contribution in [0.4, 0.5) is 0 Å². The van der Waals surface area contributed by atoms with Crippen molar-refractivity contribution in [2.75, 3.05) is 19.6 Å². The van der Waals surface area contributed by atoms with Crippen molar-refractivity contribution in [3.05, 3.63) is 21.9 Å². The summed E-state index contributed by atoms with van der Waals surface area (Å²) in [7, 11) is 0. The molecule has 5 nitrogen and oxygen atoms in total. The zero-order valence-electron chi connectivity index (χ0n) is 13.0. The molecule has 0 spiro atoms. The Hall–Kier alpha value is -1.40. The molecule has 0 radical (unpaired) electrons. The van der Waals surface area contributed by atoms with Crippen molar-refractivity contribution in [3.8, 4) is 0 Å². The van der Waals surface area contributed by atoms with Crippen molar-refractivity contribution in [2.24, 2.45) is 11.7 Å². The summed E-state index contributed by atoms with van der Waals surface area (Å²) in [6.07, 6.45) is 2.43. The van der Waals surface area contributed by atoms with E-state index in [4.69, 9.17) is 5.73 Å². The molecule has 0 aliphatic carbocycles. The fraction of sp³-hybridized carbons (Fsp3) is 0.625. The van der Waals surface area contributed by atoms with Crippen LogP contribution >= 0.6 is 11.3 Å². The van der Waals surface area contributed by atoms with Crippen molar-refractivity contribution >= 4 is 23.2 Å². The van der Waals surface area contributed by atoms with Gasteiger partial charge in [-0.05, 0) is 43.2 Å². The molecule has 3 rings (SSSR count). The third-order valence-electron chi connectivity index (χ3n) is 4.95. The minimum absolute atomic E-state index is 0.0669. The van der Waals surface area contributed by atoms with Gasteiger partial charge in [-0.2, -0.15) is 0 Å². The molecule has 6 heteroatoms. The molecular weight excluding hydrogens is 298 g/mol. The maximum Gasteiger partial charge on any atom is 0.239 e. The molecule has 1 aromatic rings. The molecule has 1 atom stereocenters. The third-order valence-corrected chi connectivity index (χ3v) is 5.97. The Bertz CT molecular complexity index is 563. The summed E-state index contributed by atoms with van der Waals surface area (Å²) in [5.74, 6) is -0.120. The van der Waals surface area contributed by atoms with Crippen LogP contribution in [0.25, 0.3) is 0 Å². The Balaban J connectivity index is 1.58. The van der Waals surface area contributed by atoms with Crippen LogP contribution in [-0.2, 0) is 22.6 Å². The minimum atomic E-state index is -0.235. The molecule has 2 N–H and O–H groups in total. The van der Waals surface area contributed by atoms with Crippen molar-refractivity contribution in [1.82, 2.24) is 9.80 Å². The second-order valence-electron chi connectivity index (χ2n) is 6.27. The van der Waals surface area contributed by atoms with E-state index in [1.807, 2.05) is 23.2 Å². The number of thiophene rings is 1. The number of nitrogens with two attached hydrogens (primary N) is 1. The highest BCUT2D eigenvalue weighted by Gasteiger charge is 2.32. The highest BCUT2D eigenvalue weighted by Crippen LogP contribution is 2.26. The molecule has 1 saturated heterocycles. The number of carbonyl (C=O) groups is 2. The van der Waals surface area contributed by atoms with Gasteiger partial charge in [-0.3, -0.25) is 14.5 Å². The average molecular weight is 321 g/mol. The molecule has 2 amide bonds. The van der Waals surface area contributed by atoms with Crippen LogP contribution in [0.1, 0.15) is 30.2 Å². The normalized spacial score (nSPS) is 21.4. The van der Waals surface area contributed by atoms with Gasteiger partial charge in [0.2, 0.25) is 11.8 Å². The fourth-order valence-electron chi connectivity index (χ4n) is 3.41. The van der Waals surface area contributed by atoms with E-state index in [1.165, 1.54) is 10.4 Å². The smallest absolute Gasteiger partial charge is 0.239 e. The summed E-state index contributed by atoms with van der Waals surface area (Å²) in [6.45, 7) is 5.10. The Kier molecular flexibility index (Phi) is 4.49. The first-order valence-electron chi connectivity index (χ1n) is 7.93. The van der Waals surface area contributed by atoms with E-state index in [0.29, 0.717) is 25.9 Å². The molecule has 1 fully saturated rings. The first kappa shape index (κ1) is 15.5. The molecule has 0 aromatic carbocycles. The third kappa shape index (κ3) is 3.03. The lowest BCUT2D eigenvalue weighted by Gasteiger charge is -2.37. The molecule has 0 bridgehead atoms. The fourth-order valence-corrected chi connectivity index (χ4v) is 4.30. The van der Waals surface area contributed by atoms with Crippen LogP contribution < -0.4 is 5.73 Å². The zero-order chi connectivity index (χ0) is 15.7. The van der Waals surface area contributed by atoms with Crippen molar-refractivity contribution in [2.45, 2.75) is 38.8 Å². The molecule has 22 heavy (non-hydrogen) atoms. The average Bonchev–Trinajstić information content (AvgIpc) is 3.01. The highest BCUT2D eigenvalue weighted by molar-refractivity contribution is 7.10. The van der Waals surface area contributed by atoms with Gasteiger partial charge >= 0.3 is 0 Å². The Morgan fingerprint density at radius 2 is 2.05 bits per heavy atom. The van der Waals surface area contributed by atoms with Gasteiger partial charge < -0.3 is 10.6 Å². The lowest BCUT2D eigenvalue weighted by molar-refractivity contribution is -0.139. The molecular formula is C16H23N3O2S. The molecule has 120 valence electrons. The van der Waals surface area contributed by atoms with Gasteiger partial charge in [0.25, 0.3) is 0 Å². The SMILES string of the molecule is CC(C(=O)N1CCC(C(N)=O)CC1)N1CCc2sccc2C1. The largest absolute Gasteiger partial charge is 0.369 e. The van der Waals surface area contributed by atoms with Crippen LogP contribution in [0, 0.1) is 5.92 Å². The molecule has 3 heterocycles. The Morgan fingerprint density at radius 3 is 2.73 bits per heavy atom. The number of primary amides is 1. The number of hydrogen-bond acceptors (Lipinski definition) is 4. The van der Waals surface area contributed by atoms with Gasteiger partial charge in [-0.15, -0.1) is 11.3 Å². The Morgan fingerprint density at radius 1 is 1.32 bits per heavy atom. The number of carbonyl (C=O) groups excluding carboxylic acids is 2. The summed E-state index contributed by atoms with van der Waals surface area (Å²) >= 11 is 1.81. The molecule has 0 saturated carbocycles. The van der Waals surface area contributed by atoms with Crippen LogP contribution in [0.15, 0.2) is 11.4 Å². The Labute approximate surface area is 135 Å². The lowest BCUT2D eigenvalue weighted by atomic mass is 9.95. The predicted octanol–water partition coefficient (Wildman–Crippen LogP) is 1.22. The molecule has 1 aromatic heterocycles. The zero-order valence-corrected chi connectivity index (χ0v) is 13.8. The quantitative estimate of drug-likeness (QED) is 0.910. The van der Waals surface area contributed by atoms with Crippen LogP contribution in [-0.4, -0.2) is 47.3 Å². The van der Waals surface area contributed by atoms with E-state index >= 15 is 0 Å². The second kappa shape index (κ2) is 6.38. The number of likely N-dealkylation sites (tertiary alicyclic amines) is 1. The number of fused-ring (bicyclic) bond motifs is 1. The van der Waals surface area contributed by atoms with Gasteiger partial charge in [-0.1, -0.05) is 0 Å². The number of rotatable bonds is 3. The van der Waals surface area contributed by atoms with Gasteiger partial charge in [0.15, 0.2) is 0 Å². The van der Waals surface area contributed by atoms with E-state index in [1.54, 1.807) is 0 Å². The standard InChI is InChI=1S/C16H23N3O2S/c1-11(19-8-4-14-13(10-19)5-9-22-14)16(21)18-6-2-12(3-7-18)15(17)20/h5,9,11-12H,2-4,6-8,10H2,1H3,(H2,17,20). The van der Waals surface area contributed by atoms with Crippen molar-refractivity contribution in [1.29, 1.82) is 0 Å². The lowest BCUT2D eigenvalue weighted by Crippen LogP contribution is -2.51. The van der Waals surface area contributed by atoms with Crippen molar-refractivity contribution in [3.63, 3.8) is 0 Å². The molecule has 1 unspecified atom stereocenters. The van der Waals surface area contributed by atoms with Crippen molar-refractivity contribution < 1.29 is 9.59 Å². The number of piperidine rings is 1. The number of hydrogen-bond donors (Lipinski definition) is 1. The summed E-state index contributed by atoms with van der Waals surface area (Å²) in [5.41, 5.74) is 6.72. The maximum absolute atomic E-state index is 12.7.